The molecule has 4 heterocycles. The van der Waals surface area contributed by atoms with Crippen molar-refractivity contribution in [1.82, 2.24) is 24.6 Å². The zero-order valence-corrected chi connectivity index (χ0v) is 13.9. The number of rotatable bonds is 3. The fraction of sp³-hybridized carbons (Fsp3) is 0.412. The zero-order valence-electron chi connectivity index (χ0n) is 13.9. The van der Waals surface area contributed by atoms with E-state index in [0.29, 0.717) is 5.88 Å². The number of fused-ring (bicyclic) bond motifs is 1. The van der Waals surface area contributed by atoms with E-state index < -0.39 is 0 Å². The van der Waals surface area contributed by atoms with Crippen LogP contribution in [0.4, 0.5) is 5.82 Å². The van der Waals surface area contributed by atoms with Crippen LogP contribution in [-0.2, 0) is 0 Å². The van der Waals surface area contributed by atoms with Gasteiger partial charge in [-0.1, -0.05) is 0 Å². The summed E-state index contributed by atoms with van der Waals surface area (Å²) >= 11 is 0. The van der Waals surface area contributed by atoms with Crippen molar-refractivity contribution < 1.29 is 4.74 Å². The molecule has 124 valence electrons. The summed E-state index contributed by atoms with van der Waals surface area (Å²) in [6, 6.07) is 3.74. The summed E-state index contributed by atoms with van der Waals surface area (Å²) in [5, 5.41) is 4.15. The van der Waals surface area contributed by atoms with Crippen molar-refractivity contribution in [2.24, 2.45) is 0 Å². The average Bonchev–Trinajstić information content (AvgIpc) is 3.06. The normalized spacial score (nSPS) is 15.8. The van der Waals surface area contributed by atoms with Crippen LogP contribution in [0, 0.1) is 13.8 Å². The highest BCUT2D eigenvalue weighted by Crippen LogP contribution is 2.24. The van der Waals surface area contributed by atoms with Crippen LogP contribution >= 0.6 is 0 Å². The summed E-state index contributed by atoms with van der Waals surface area (Å²) in [7, 11) is 0. The van der Waals surface area contributed by atoms with E-state index in [2.05, 4.69) is 31.9 Å². The molecule has 7 nitrogen and oxygen atoms in total. The molecule has 3 aromatic heterocycles. The van der Waals surface area contributed by atoms with Gasteiger partial charge in [0.2, 0.25) is 5.88 Å². The minimum absolute atomic E-state index is 0.183. The van der Waals surface area contributed by atoms with Crippen LogP contribution in [0.1, 0.15) is 24.1 Å². The fourth-order valence-corrected chi connectivity index (χ4v) is 3.06. The SMILES string of the molecule is Cc1ncnc(N2CCC(Oc3ccn4nccc4n3)CC2)c1C. The van der Waals surface area contributed by atoms with Gasteiger partial charge in [-0.05, 0) is 13.8 Å². The Kier molecular flexibility index (Phi) is 3.76. The Bertz CT molecular complexity index is 853. The summed E-state index contributed by atoms with van der Waals surface area (Å²) in [6.07, 6.45) is 7.34. The standard InChI is InChI=1S/C17H20N6O/c1-12-13(2)18-11-19-17(12)22-8-4-14(5-9-22)24-16-6-10-23-15(21-16)3-7-20-23/h3,6-7,10-11,14H,4-5,8-9H2,1-2H3. The first kappa shape index (κ1) is 14.9. The van der Waals surface area contributed by atoms with E-state index in [-0.39, 0.29) is 6.10 Å². The number of hydrogen-bond donors (Lipinski definition) is 0. The van der Waals surface area contributed by atoms with E-state index in [1.807, 2.05) is 25.3 Å². The van der Waals surface area contributed by atoms with Gasteiger partial charge in [-0.15, -0.1) is 0 Å². The number of anilines is 1. The Hall–Kier alpha value is -2.70. The van der Waals surface area contributed by atoms with Crippen LogP contribution in [0.25, 0.3) is 5.65 Å². The van der Waals surface area contributed by atoms with Gasteiger partial charge in [0.25, 0.3) is 0 Å². The second kappa shape index (κ2) is 6.07. The van der Waals surface area contributed by atoms with Crippen LogP contribution in [0.15, 0.2) is 30.9 Å². The van der Waals surface area contributed by atoms with Crippen LogP contribution in [0.2, 0.25) is 0 Å². The van der Waals surface area contributed by atoms with Crippen LogP contribution in [0.3, 0.4) is 0 Å². The number of piperidine rings is 1. The molecule has 0 unspecified atom stereocenters. The lowest BCUT2D eigenvalue weighted by Gasteiger charge is -2.33. The Morgan fingerprint density at radius 3 is 2.79 bits per heavy atom. The predicted octanol–water partition coefficient (Wildman–Crippen LogP) is 2.18. The van der Waals surface area contributed by atoms with Gasteiger partial charge in [-0.3, -0.25) is 0 Å². The third-order valence-corrected chi connectivity index (χ3v) is 4.57. The van der Waals surface area contributed by atoms with E-state index in [0.717, 1.165) is 48.7 Å². The van der Waals surface area contributed by atoms with Crippen molar-refractivity contribution in [3.05, 3.63) is 42.1 Å². The van der Waals surface area contributed by atoms with Gasteiger partial charge >= 0.3 is 0 Å². The monoisotopic (exact) mass is 324 g/mol. The first-order chi connectivity index (χ1) is 11.7. The van der Waals surface area contributed by atoms with Crippen molar-refractivity contribution in [1.29, 1.82) is 0 Å². The maximum atomic E-state index is 6.06. The van der Waals surface area contributed by atoms with Crippen molar-refractivity contribution in [3.8, 4) is 5.88 Å². The molecule has 0 radical (unpaired) electrons. The first-order valence-corrected chi connectivity index (χ1v) is 8.21. The molecule has 0 saturated carbocycles. The molecule has 0 aliphatic carbocycles. The molecular weight excluding hydrogens is 304 g/mol. The average molecular weight is 324 g/mol. The lowest BCUT2D eigenvalue weighted by atomic mass is 10.1. The van der Waals surface area contributed by atoms with Gasteiger partial charge in [0.15, 0.2) is 5.65 Å². The molecule has 3 aromatic rings. The highest BCUT2D eigenvalue weighted by Gasteiger charge is 2.23. The molecule has 1 saturated heterocycles. The second-order valence-corrected chi connectivity index (χ2v) is 6.11. The molecule has 7 heteroatoms. The fourth-order valence-electron chi connectivity index (χ4n) is 3.06. The summed E-state index contributed by atoms with van der Waals surface area (Å²) in [5.41, 5.74) is 3.00. The number of aryl methyl sites for hydroxylation is 1. The van der Waals surface area contributed by atoms with Gasteiger partial charge < -0.3 is 9.64 Å². The number of nitrogens with zero attached hydrogens (tertiary/aromatic N) is 6. The quantitative estimate of drug-likeness (QED) is 0.735. The third-order valence-electron chi connectivity index (χ3n) is 4.57. The Labute approximate surface area is 140 Å². The molecule has 24 heavy (non-hydrogen) atoms. The summed E-state index contributed by atoms with van der Waals surface area (Å²) in [4.78, 5) is 15.5. The van der Waals surface area contributed by atoms with Gasteiger partial charge in [0.05, 0.1) is 6.20 Å². The molecule has 0 amide bonds. The number of ether oxygens (including phenoxy) is 1. The van der Waals surface area contributed by atoms with Gasteiger partial charge in [-0.25, -0.2) is 14.5 Å². The molecule has 1 aliphatic rings. The maximum Gasteiger partial charge on any atom is 0.217 e. The van der Waals surface area contributed by atoms with Gasteiger partial charge in [0.1, 0.15) is 18.2 Å². The molecule has 0 N–H and O–H groups in total. The third kappa shape index (κ3) is 2.77. The highest BCUT2D eigenvalue weighted by molar-refractivity contribution is 5.47. The minimum Gasteiger partial charge on any atom is -0.474 e. The molecule has 0 spiro atoms. The molecule has 4 rings (SSSR count). The largest absolute Gasteiger partial charge is 0.474 e. The van der Waals surface area contributed by atoms with E-state index in [9.17, 15) is 0 Å². The van der Waals surface area contributed by atoms with Crippen molar-refractivity contribution in [2.75, 3.05) is 18.0 Å². The molecule has 0 bridgehead atoms. The smallest absolute Gasteiger partial charge is 0.217 e. The Morgan fingerprint density at radius 2 is 1.96 bits per heavy atom. The molecular formula is C17H20N6O. The minimum atomic E-state index is 0.183. The summed E-state index contributed by atoms with van der Waals surface area (Å²) in [6.45, 7) is 5.96. The van der Waals surface area contributed by atoms with E-state index in [4.69, 9.17) is 4.74 Å². The summed E-state index contributed by atoms with van der Waals surface area (Å²) < 4.78 is 7.79. The van der Waals surface area contributed by atoms with Crippen molar-refractivity contribution in [3.63, 3.8) is 0 Å². The molecule has 1 aliphatic heterocycles. The second-order valence-electron chi connectivity index (χ2n) is 6.11. The Morgan fingerprint density at radius 1 is 1.12 bits per heavy atom. The first-order valence-electron chi connectivity index (χ1n) is 8.21. The van der Waals surface area contributed by atoms with E-state index >= 15 is 0 Å². The topological polar surface area (TPSA) is 68.4 Å². The molecule has 0 aromatic carbocycles. The molecule has 1 fully saturated rings. The zero-order chi connectivity index (χ0) is 16.5. The Balaban J connectivity index is 1.41. The number of hydrogen-bond acceptors (Lipinski definition) is 6. The van der Waals surface area contributed by atoms with E-state index in [1.165, 1.54) is 0 Å². The number of aromatic nitrogens is 5. The van der Waals surface area contributed by atoms with Gasteiger partial charge in [-0.2, -0.15) is 10.1 Å². The predicted molar refractivity (Wildman–Crippen MR) is 90.4 cm³/mol. The summed E-state index contributed by atoms with van der Waals surface area (Å²) in [5.74, 6) is 1.70. The van der Waals surface area contributed by atoms with Crippen molar-refractivity contribution >= 4 is 11.5 Å². The highest BCUT2D eigenvalue weighted by atomic mass is 16.5. The molecule has 0 atom stereocenters. The maximum absolute atomic E-state index is 6.06. The van der Waals surface area contributed by atoms with Crippen LogP contribution in [0.5, 0.6) is 5.88 Å². The van der Waals surface area contributed by atoms with E-state index in [1.54, 1.807) is 17.0 Å². The van der Waals surface area contributed by atoms with Crippen molar-refractivity contribution in [2.45, 2.75) is 32.8 Å². The van der Waals surface area contributed by atoms with Crippen LogP contribution in [-0.4, -0.2) is 43.8 Å². The van der Waals surface area contributed by atoms with Gasteiger partial charge in [0, 0.05) is 55.5 Å². The lowest BCUT2D eigenvalue weighted by molar-refractivity contribution is 0.164. The lowest BCUT2D eigenvalue weighted by Crippen LogP contribution is -2.39. The van der Waals surface area contributed by atoms with Crippen LogP contribution < -0.4 is 9.64 Å².